The summed E-state index contributed by atoms with van der Waals surface area (Å²) >= 11 is 0. The molecule has 0 heterocycles. The number of hydrogen-bond acceptors (Lipinski definition) is 6. The molecule has 0 aromatic heterocycles. The summed E-state index contributed by atoms with van der Waals surface area (Å²) in [5.74, 6) is 0. The van der Waals surface area contributed by atoms with Crippen LogP contribution in [0.25, 0.3) is 0 Å². The molecule has 0 N–H and O–H groups in total. The van der Waals surface area contributed by atoms with E-state index in [0.29, 0.717) is 0 Å². The predicted molar refractivity (Wildman–Crippen MR) is 55.0 cm³/mol. The first kappa shape index (κ1) is 14.0. The van der Waals surface area contributed by atoms with Gasteiger partial charge < -0.3 is 18.9 Å². The average molecular weight is 230 g/mol. The van der Waals surface area contributed by atoms with Gasteiger partial charge in [0.25, 0.3) is 0 Å². The molecule has 0 amide bonds. The highest BCUT2D eigenvalue weighted by molar-refractivity contribution is 5.60. The molecule has 0 aromatic carbocycles. The summed E-state index contributed by atoms with van der Waals surface area (Å²) in [6, 6.07) is 0. The molecule has 6 nitrogen and oxygen atoms in total. The monoisotopic (exact) mass is 230 g/mol. The number of ether oxygens (including phenoxy) is 4. The van der Waals surface area contributed by atoms with Crippen molar-refractivity contribution in [2.75, 3.05) is 26.4 Å². The third-order valence-electron chi connectivity index (χ3n) is 1.16. The minimum Gasteiger partial charge on any atom is -0.431 e. The molecule has 16 heavy (non-hydrogen) atoms. The van der Waals surface area contributed by atoms with Crippen molar-refractivity contribution in [3.63, 3.8) is 0 Å². The number of carbonyl (C=O) groups excluding carboxylic acids is 2. The fourth-order valence-corrected chi connectivity index (χ4v) is 0.587. The van der Waals surface area contributed by atoms with Gasteiger partial charge in [0.1, 0.15) is 26.4 Å². The van der Waals surface area contributed by atoms with Gasteiger partial charge in [0.15, 0.2) is 0 Å². The van der Waals surface area contributed by atoms with Crippen LogP contribution >= 0.6 is 0 Å². The van der Waals surface area contributed by atoms with Gasteiger partial charge >= 0.3 is 12.3 Å². The van der Waals surface area contributed by atoms with Crippen LogP contribution in [0.4, 0.5) is 9.59 Å². The average Bonchev–Trinajstić information content (AvgIpc) is 2.29. The second kappa shape index (κ2) is 9.57. The second-order valence-corrected chi connectivity index (χ2v) is 2.40. The Bertz CT molecular complexity index is 222. The molecule has 6 heteroatoms. The highest BCUT2D eigenvalue weighted by Gasteiger charge is 2.05. The summed E-state index contributed by atoms with van der Waals surface area (Å²) in [5.41, 5.74) is 0. The van der Waals surface area contributed by atoms with Gasteiger partial charge in [-0.25, -0.2) is 9.59 Å². The normalized spacial score (nSPS) is 8.75. The predicted octanol–water partition coefficient (Wildman–Crippen LogP) is 1.66. The summed E-state index contributed by atoms with van der Waals surface area (Å²) < 4.78 is 18.1. The summed E-state index contributed by atoms with van der Waals surface area (Å²) in [5, 5.41) is 0. The summed E-state index contributed by atoms with van der Waals surface area (Å²) in [6.07, 6.45) is 1.13. The van der Waals surface area contributed by atoms with E-state index in [1.165, 1.54) is 12.2 Å². The van der Waals surface area contributed by atoms with Crippen molar-refractivity contribution in [2.24, 2.45) is 0 Å². The molecule has 0 aromatic rings. The first-order chi connectivity index (χ1) is 7.70. The van der Waals surface area contributed by atoms with Crippen LogP contribution in [0.1, 0.15) is 0 Å². The first-order valence-electron chi connectivity index (χ1n) is 4.51. The van der Waals surface area contributed by atoms with Crippen LogP contribution in [0, 0.1) is 0 Å². The highest BCUT2D eigenvalue weighted by Crippen LogP contribution is 1.89. The zero-order chi connectivity index (χ0) is 12.2. The zero-order valence-corrected chi connectivity index (χ0v) is 8.85. The molecule has 0 unspecified atom stereocenters. The van der Waals surface area contributed by atoms with E-state index >= 15 is 0 Å². The maximum Gasteiger partial charge on any atom is 0.508 e. The van der Waals surface area contributed by atoms with Crippen LogP contribution in [0.3, 0.4) is 0 Å². The van der Waals surface area contributed by atoms with Crippen molar-refractivity contribution in [3.8, 4) is 0 Å². The molecule has 0 rings (SSSR count). The Hall–Kier alpha value is -1.98. The molecule has 0 spiro atoms. The van der Waals surface area contributed by atoms with Crippen LogP contribution in [0.15, 0.2) is 25.3 Å². The van der Waals surface area contributed by atoms with Crippen molar-refractivity contribution in [2.45, 2.75) is 0 Å². The van der Waals surface area contributed by atoms with Crippen LogP contribution < -0.4 is 0 Å². The molecule has 0 saturated heterocycles. The van der Waals surface area contributed by atoms with E-state index in [2.05, 4.69) is 32.1 Å². The molecule has 90 valence electrons. The quantitative estimate of drug-likeness (QED) is 0.376. The highest BCUT2D eigenvalue weighted by atomic mass is 16.7. The van der Waals surface area contributed by atoms with Crippen molar-refractivity contribution in [3.05, 3.63) is 25.3 Å². The third kappa shape index (κ3) is 8.61. The maximum absolute atomic E-state index is 10.7. The van der Waals surface area contributed by atoms with Crippen molar-refractivity contribution in [1.29, 1.82) is 0 Å². The third-order valence-corrected chi connectivity index (χ3v) is 1.16. The number of rotatable bonds is 7. The minimum absolute atomic E-state index is 0.0705. The fourth-order valence-electron chi connectivity index (χ4n) is 0.587. The van der Waals surface area contributed by atoms with Gasteiger partial charge in [-0.05, 0) is 0 Å². The molecule has 0 aliphatic rings. The zero-order valence-electron chi connectivity index (χ0n) is 8.85. The second-order valence-electron chi connectivity index (χ2n) is 2.40. The molecule has 0 aliphatic carbocycles. The smallest absolute Gasteiger partial charge is 0.431 e. The Morgan fingerprint density at radius 2 is 1.19 bits per heavy atom. The van der Waals surface area contributed by atoms with E-state index in [4.69, 9.17) is 0 Å². The van der Waals surface area contributed by atoms with Crippen LogP contribution in [-0.4, -0.2) is 38.7 Å². The molecule has 0 radical (unpaired) electrons. The molecule has 0 saturated carbocycles. The van der Waals surface area contributed by atoms with E-state index in [0.717, 1.165) is 0 Å². The first-order valence-corrected chi connectivity index (χ1v) is 4.51. The lowest BCUT2D eigenvalue weighted by Gasteiger charge is -2.05. The molecule has 0 aliphatic heterocycles. The van der Waals surface area contributed by atoms with Gasteiger partial charge in [-0.15, -0.1) is 0 Å². The summed E-state index contributed by atoms with van der Waals surface area (Å²) in [6.45, 7) is 6.65. The SMILES string of the molecule is C=CCOC(=O)OCCOC(=O)OCC=C. The molecular weight excluding hydrogens is 216 g/mol. The van der Waals surface area contributed by atoms with Crippen molar-refractivity contribution >= 4 is 12.3 Å². The number of carbonyl (C=O) groups is 2. The largest absolute Gasteiger partial charge is 0.508 e. The Labute approximate surface area is 93.4 Å². The van der Waals surface area contributed by atoms with E-state index in [9.17, 15) is 9.59 Å². The number of hydrogen-bond donors (Lipinski definition) is 0. The Morgan fingerprint density at radius 3 is 1.50 bits per heavy atom. The van der Waals surface area contributed by atoms with E-state index < -0.39 is 12.3 Å². The summed E-state index contributed by atoms with van der Waals surface area (Å²) in [4.78, 5) is 21.5. The lowest BCUT2D eigenvalue weighted by Crippen LogP contribution is -2.15. The van der Waals surface area contributed by atoms with Crippen molar-refractivity contribution in [1.82, 2.24) is 0 Å². The lowest BCUT2D eigenvalue weighted by molar-refractivity contribution is 0.0246. The Kier molecular flexibility index (Phi) is 8.39. The van der Waals surface area contributed by atoms with Gasteiger partial charge in [-0.3, -0.25) is 0 Å². The van der Waals surface area contributed by atoms with Crippen LogP contribution in [0.5, 0.6) is 0 Å². The van der Waals surface area contributed by atoms with Gasteiger partial charge in [-0.2, -0.15) is 0 Å². The van der Waals surface area contributed by atoms with E-state index in [-0.39, 0.29) is 26.4 Å². The molecule has 0 bridgehead atoms. The Balaban J connectivity index is 3.37. The molecule has 0 atom stereocenters. The van der Waals surface area contributed by atoms with Gasteiger partial charge in [0.05, 0.1) is 0 Å². The summed E-state index contributed by atoms with van der Waals surface area (Å²) in [7, 11) is 0. The molecule has 0 fully saturated rings. The van der Waals surface area contributed by atoms with Crippen molar-refractivity contribution < 1.29 is 28.5 Å². The van der Waals surface area contributed by atoms with E-state index in [1.54, 1.807) is 0 Å². The van der Waals surface area contributed by atoms with Gasteiger partial charge in [-0.1, -0.05) is 25.3 Å². The van der Waals surface area contributed by atoms with Crippen LogP contribution in [0.2, 0.25) is 0 Å². The Morgan fingerprint density at radius 1 is 0.812 bits per heavy atom. The maximum atomic E-state index is 10.7. The van der Waals surface area contributed by atoms with Gasteiger partial charge in [0.2, 0.25) is 0 Å². The standard InChI is InChI=1S/C10H14O6/c1-3-5-13-9(11)15-7-8-16-10(12)14-6-4-2/h3-4H,1-2,5-8H2. The lowest BCUT2D eigenvalue weighted by atomic mass is 10.7. The van der Waals surface area contributed by atoms with Crippen LogP contribution in [-0.2, 0) is 18.9 Å². The van der Waals surface area contributed by atoms with E-state index in [1.807, 2.05) is 0 Å². The fraction of sp³-hybridized carbons (Fsp3) is 0.400. The topological polar surface area (TPSA) is 71.1 Å². The molecular formula is C10H14O6. The van der Waals surface area contributed by atoms with Gasteiger partial charge in [0, 0.05) is 0 Å². The minimum atomic E-state index is -0.844.